The van der Waals surface area contributed by atoms with Gasteiger partial charge in [0.25, 0.3) is 0 Å². The highest BCUT2D eigenvalue weighted by Gasteiger charge is 2.36. The van der Waals surface area contributed by atoms with Gasteiger partial charge in [0.05, 0.1) is 7.11 Å². The van der Waals surface area contributed by atoms with E-state index in [0.29, 0.717) is 0 Å². The number of hydroxylamine groups is 1. The minimum Gasteiger partial charge on any atom is -0.623 e. The molecule has 16 heavy (non-hydrogen) atoms. The lowest BCUT2D eigenvalue weighted by atomic mass is 10.0. The molecular formula is C13H17NO2. The van der Waals surface area contributed by atoms with Crippen molar-refractivity contribution < 1.29 is 9.48 Å². The van der Waals surface area contributed by atoms with Crippen LogP contribution >= 0.6 is 0 Å². The number of hydrogen-bond acceptors (Lipinski definition) is 2. The molecule has 1 aromatic rings. The summed E-state index contributed by atoms with van der Waals surface area (Å²) in [7, 11) is 1.64. The Hall–Kier alpha value is -1.51. The SMILES string of the molecule is COc1ccc(C2=[N+]([O-])C(C)(C)CC2)cc1. The largest absolute Gasteiger partial charge is 0.623 e. The molecule has 3 heteroatoms. The van der Waals surface area contributed by atoms with Crippen molar-refractivity contribution in [1.82, 2.24) is 0 Å². The normalized spacial score (nSPS) is 18.9. The van der Waals surface area contributed by atoms with Crippen LogP contribution in [-0.4, -0.2) is 23.1 Å². The number of nitrogens with zero attached hydrogens (tertiary/aromatic N) is 1. The molecule has 1 aliphatic heterocycles. The maximum Gasteiger partial charge on any atom is 0.195 e. The molecule has 1 aliphatic rings. The first-order chi connectivity index (χ1) is 7.54. The van der Waals surface area contributed by atoms with Crippen molar-refractivity contribution in [2.45, 2.75) is 32.2 Å². The van der Waals surface area contributed by atoms with Gasteiger partial charge in [-0.3, -0.25) is 0 Å². The lowest BCUT2D eigenvalue weighted by Gasteiger charge is -2.18. The quantitative estimate of drug-likeness (QED) is 0.566. The Morgan fingerprint density at radius 3 is 2.31 bits per heavy atom. The third-order valence-corrected chi connectivity index (χ3v) is 3.19. The lowest BCUT2D eigenvalue weighted by molar-refractivity contribution is -0.530. The van der Waals surface area contributed by atoms with Gasteiger partial charge in [-0.2, -0.15) is 0 Å². The highest BCUT2D eigenvalue weighted by molar-refractivity contribution is 5.97. The fourth-order valence-electron chi connectivity index (χ4n) is 2.04. The molecule has 0 saturated heterocycles. The van der Waals surface area contributed by atoms with E-state index in [-0.39, 0.29) is 5.54 Å². The van der Waals surface area contributed by atoms with Crippen LogP contribution in [0.3, 0.4) is 0 Å². The van der Waals surface area contributed by atoms with E-state index in [9.17, 15) is 5.21 Å². The van der Waals surface area contributed by atoms with Crippen molar-refractivity contribution >= 4 is 5.71 Å². The van der Waals surface area contributed by atoms with Crippen molar-refractivity contribution in [3.8, 4) is 5.75 Å². The number of benzene rings is 1. The minimum absolute atomic E-state index is 0.269. The van der Waals surface area contributed by atoms with Gasteiger partial charge in [-0.25, -0.2) is 4.74 Å². The molecule has 0 saturated carbocycles. The molecule has 0 aromatic heterocycles. The Labute approximate surface area is 95.9 Å². The molecule has 1 aromatic carbocycles. The van der Waals surface area contributed by atoms with Crippen LogP contribution in [0.1, 0.15) is 32.3 Å². The second kappa shape index (κ2) is 3.81. The van der Waals surface area contributed by atoms with Crippen LogP contribution in [0.25, 0.3) is 0 Å². The van der Waals surface area contributed by atoms with Gasteiger partial charge in [-0.15, -0.1) is 0 Å². The summed E-state index contributed by atoms with van der Waals surface area (Å²) in [6.07, 6.45) is 1.76. The van der Waals surface area contributed by atoms with E-state index in [0.717, 1.165) is 34.6 Å². The predicted octanol–water partition coefficient (Wildman–Crippen LogP) is 2.57. The predicted molar refractivity (Wildman–Crippen MR) is 64.0 cm³/mol. The van der Waals surface area contributed by atoms with Gasteiger partial charge in [0, 0.05) is 32.3 Å². The summed E-state index contributed by atoms with van der Waals surface area (Å²) in [5.41, 5.74) is 1.61. The van der Waals surface area contributed by atoms with Crippen LogP contribution < -0.4 is 4.74 Å². The van der Waals surface area contributed by atoms with E-state index in [1.807, 2.05) is 38.1 Å². The molecule has 1 heterocycles. The average Bonchev–Trinajstić information content (AvgIpc) is 2.55. The van der Waals surface area contributed by atoms with Gasteiger partial charge >= 0.3 is 0 Å². The summed E-state index contributed by atoms with van der Waals surface area (Å²) in [6.45, 7) is 3.97. The summed E-state index contributed by atoms with van der Waals surface area (Å²) in [5.74, 6) is 0.819. The monoisotopic (exact) mass is 219 g/mol. The maximum absolute atomic E-state index is 12.0. The van der Waals surface area contributed by atoms with E-state index in [2.05, 4.69) is 0 Å². The molecule has 0 spiro atoms. The fourth-order valence-corrected chi connectivity index (χ4v) is 2.04. The summed E-state index contributed by atoms with van der Waals surface area (Å²) in [6, 6.07) is 7.67. The first-order valence-corrected chi connectivity index (χ1v) is 5.52. The first kappa shape index (κ1) is 11.0. The number of hydrogen-bond donors (Lipinski definition) is 0. The Morgan fingerprint density at radius 1 is 1.25 bits per heavy atom. The maximum atomic E-state index is 12.0. The zero-order valence-corrected chi connectivity index (χ0v) is 9.99. The third-order valence-electron chi connectivity index (χ3n) is 3.19. The molecule has 2 rings (SSSR count). The van der Waals surface area contributed by atoms with Crippen molar-refractivity contribution in [3.05, 3.63) is 35.0 Å². The van der Waals surface area contributed by atoms with Crippen LogP contribution in [0, 0.1) is 5.21 Å². The Morgan fingerprint density at radius 2 is 1.88 bits per heavy atom. The highest BCUT2D eigenvalue weighted by Crippen LogP contribution is 2.27. The second-order valence-electron chi connectivity index (χ2n) is 4.78. The van der Waals surface area contributed by atoms with Crippen LogP contribution in [0.15, 0.2) is 24.3 Å². The van der Waals surface area contributed by atoms with E-state index < -0.39 is 0 Å². The summed E-state index contributed by atoms with van der Waals surface area (Å²) in [5, 5.41) is 12.0. The van der Waals surface area contributed by atoms with Crippen molar-refractivity contribution in [2.24, 2.45) is 0 Å². The third kappa shape index (κ3) is 1.77. The van der Waals surface area contributed by atoms with Gasteiger partial charge in [-0.1, -0.05) is 0 Å². The topological polar surface area (TPSA) is 35.3 Å². The molecular weight excluding hydrogens is 202 g/mol. The highest BCUT2D eigenvalue weighted by atomic mass is 16.5. The van der Waals surface area contributed by atoms with E-state index >= 15 is 0 Å². The molecule has 86 valence electrons. The van der Waals surface area contributed by atoms with E-state index in [1.165, 1.54) is 0 Å². The number of rotatable bonds is 2. The molecule has 0 bridgehead atoms. The lowest BCUT2D eigenvalue weighted by Crippen LogP contribution is -2.29. The molecule has 0 atom stereocenters. The first-order valence-electron chi connectivity index (χ1n) is 5.52. The summed E-state index contributed by atoms with van der Waals surface area (Å²) < 4.78 is 6.25. The molecule has 0 aliphatic carbocycles. The zero-order valence-electron chi connectivity index (χ0n) is 9.99. The smallest absolute Gasteiger partial charge is 0.195 e. The summed E-state index contributed by atoms with van der Waals surface area (Å²) in [4.78, 5) is 0. The standard InChI is InChI=1S/C13H17NO2/c1-13(2)9-8-12(14(13)15)10-4-6-11(16-3)7-5-10/h4-7H,8-9H2,1-3H3. The summed E-state index contributed by atoms with van der Waals surface area (Å²) >= 11 is 0. The number of methoxy groups -OCH3 is 1. The Bertz CT molecular complexity index is 418. The van der Waals surface area contributed by atoms with Gasteiger partial charge < -0.3 is 9.94 Å². The van der Waals surface area contributed by atoms with Gasteiger partial charge in [0.2, 0.25) is 0 Å². The Balaban J connectivity index is 2.35. The molecule has 3 nitrogen and oxygen atoms in total. The average molecular weight is 219 g/mol. The molecule has 0 N–H and O–H groups in total. The van der Waals surface area contributed by atoms with Crippen molar-refractivity contribution in [3.63, 3.8) is 0 Å². The molecule has 0 unspecified atom stereocenters. The van der Waals surface area contributed by atoms with Crippen LogP contribution in [-0.2, 0) is 0 Å². The van der Waals surface area contributed by atoms with Crippen molar-refractivity contribution in [2.75, 3.05) is 7.11 Å². The Kier molecular flexibility index (Phi) is 2.62. The fraction of sp³-hybridized carbons (Fsp3) is 0.462. The zero-order chi connectivity index (χ0) is 11.8. The molecule has 0 fully saturated rings. The second-order valence-corrected chi connectivity index (χ2v) is 4.78. The van der Waals surface area contributed by atoms with E-state index in [1.54, 1.807) is 7.11 Å². The molecule has 0 radical (unpaired) electrons. The van der Waals surface area contributed by atoms with Crippen LogP contribution in [0.2, 0.25) is 0 Å². The minimum atomic E-state index is -0.269. The van der Waals surface area contributed by atoms with Crippen LogP contribution in [0.5, 0.6) is 5.75 Å². The number of ether oxygens (including phenoxy) is 1. The molecule has 0 amide bonds. The van der Waals surface area contributed by atoms with Crippen LogP contribution in [0.4, 0.5) is 0 Å². The van der Waals surface area contributed by atoms with Gasteiger partial charge in [0.1, 0.15) is 5.75 Å². The van der Waals surface area contributed by atoms with Gasteiger partial charge in [0.15, 0.2) is 11.3 Å². The van der Waals surface area contributed by atoms with E-state index in [4.69, 9.17) is 4.74 Å². The van der Waals surface area contributed by atoms with Crippen molar-refractivity contribution in [1.29, 1.82) is 0 Å². The van der Waals surface area contributed by atoms with Gasteiger partial charge in [-0.05, 0) is 24.3 Å².